The van der Waals surface area contributed by atoms with Gasteiger partial charge in [0.1, 0.15) is 5.60 Å². The van der Waals surface area contributed by atoms with Gasteiger partial charge in [-0.05, 0) is 63.6 Å². The molecular formula is C29H26ClF3N2O7. The number of amides is 1. The highest BCUT2D eigenvalue weighted by atomic mass is 35.5. The van der Waals surface area contributed by atoms with Crippen LogP contribution in [0, 0.1) is 5.21 Å². The third kappa shape index (κ3) is 6.66. The van der Waals surface area contributed by atoms with Crippen molar-refractivity contribution in [2.75, 3.05) is 11.9 Å². The van der Waals surface area contributed by atoms with Crippen LogP contribution in [-0.2, 0) is 32.5 Å². The Labute approximate surface area is 243 Å². The van der Waals surface area contributed by atoms with Crippen LogP contribution in [-0.4, -0.2) is 35.2 Å². The van der Waals surface area contributed by atoms with Gasteiger partial charge < -0.3 is 19.8 Å². The van der Waals surface area contributed by atoms with Crippen molar-refractivity contribution < 1.29 is 46.9 Å². The number of alkyl halides is 3. The molecule has 3 aromatic rings. The van der Waals surface area contributed by atoms with Gasteiger partial charge in [-0.25, -0.2) is 9.59 Å². The Kier molecular flexibility index (Phi) is 8.25. The fraction of sp³-hybridized carbons (Fsp3) is 0.310. The van der Waals surface area contributed by atoms with E-state index in [1.165, 1.54) is 18.2 Å². The third-order valence-corrected chi connectivity index (χ3v) is 6.63. The van der Waals surface area contributed by atoms with E-state index in [1.807, 2.05) is 0 Å². The molecule has 1 aromatic heterocycles. The van der Waals surface area contributed by atoms with Crippen molar-refractivity contribution in [2.24, 2.45) is 0 Å². The molecule has 1 unspecified atom stereocenters. The Hall–Kier alpha value is -4.16. The third-order valence-electron chi connectivity index (χ3n) is 6.39. The first-order chi connectivity index (χ1) is 19.5. The maximum atomic E-state index is 13.1. The molecule has 0 fully saturated rings. The first kappa shape index (κ1) is 30.8. The van der Waals surface area contributed by atoms with Gasteiger partial charge in [-0.2, -0.15) is 17.9 Å². The number of nitrogens with zero attached hydrogens (tertiary/aromatic N) is 1. The van der Waals surface area contributed by atoms with Crippen LogP contribution < -0.4 is 10.0 Å². The smallest absolute Gasteiger partial charge is 0.416 e. The van der Waals surface area contributed by atoms with Gasteiger partial charge in [0, 0.05) is 33.7 Å². The van der Waals surface area contributed by atoms with Crippen molar-refractivity contribution in [2.45, 2.75) is 51.0 Å². The van der Waals surface area contributed by atoms with E-state index < -0.39 is 47.4 Å². The predicted octanol–water partition coefficient (Wildman–Crippen LogP) is 5.57. The number of esters is 1. The first-order valence-electron chi connectivity index (χ1n) is 12.6. The number of ketones is 1. The summed E-state index contributed by atoms with van der Waals surface area (Å²) in [5.41, 5.74) is -3.18. The second kappa shape index (κ2) is 11.3. The maximum absolute atomic E-state index is 13.1. The number of hydrogen-bond donors (Lipinski definition) is 2. The Morgan fingerprint density at radius 2 is 1.76 bits per heavy atom. The Morgan fingerprint density at radius 1 is 1.10 bits per heavy atom. The molecule has 0 saturated heterocycles. The van der Waals surface area contributed by atoms with Crippen LogP contribution in [0.5, 0.6) is 0 Å². The summed E-state index contributed by atoms with van der Waals surface area (Å²) < 4.78 is 48.9. The van der Waals surface area contributed by atoms with E-state index in [1.54, 1.807) is 26.8 Å². The molecule has 2 aromatic carbocycles. The van der Waals surface area contributed by atoms with Gasteiger partial charge in [-0.3, -0.25) is 10.1 Å². The van der Waals surface area contributed by atoms with Crippen LogP contribution in [0.1, 0.15) is 54.4 Å². The molecule has 222 valence electrons. The summed E-state index contributed by atoms with van der Waals surface area (Å²) >= 11 is 6.18. The van der Waals surface area contributed by atoms with Crippen LogP contribution in [0.4, 0.5) is 23.7 Å². The number of ether oxygens (including phenoxy) is 2. The zero-order valence-electron chi connectivity index (χ0n) is 22.7. The van der Waals surface area contributed by atoms with Gasteiger partial charge in [-0.15, -0.1) is 0 Å². The molecule has 0 saturated carbocycles. The van der Waals surface area contributed by atoms with E-state index in [0.717, 1.165) is 30.5 Å². The number of aromatic nitrogens is 1. The zero-order chi connectivity index (χ0) is 31.0. The van der Waals surface area contributed by atoms with E-state index in [4.69, 9.17) is 21.1 Å². The molecule has 1 aliphatic rings. The maximum Gasteiger partial charge on any atom is 0.416 e. The number of fused-ring (bicyclic) bond motifs is 1. The topological polar surface area (TPSA) is 129 Å². The molecule has 4 rings (SSSR count). The largest absolute Gasteiger partial charge is 0.618 e. The monoisotopic (exact) mass is 606 g/mol. The standard InChI is InChI=1S/C29H26ClF3N2O7/c1-27(2,3)42-26(38)34-22-9-8-20(30)13-21(22)18-12-17-10-11-28(39,24(17)35(40)14-18)25(37)41-15-23(36)16-4-6-19(7-5-16)29(31,32)33/h4-9,12-14,39H,10-11,15H2,1-3H3,(H,34,38). The summed E-state index contributed by atoms with van der Waals surface area (Å²) in [6.07, 6.45) is -4.34. The SMILES string of the molecule is CC(C)(C)OC(=O)Nc1ccc(Cl)cc1-c1cc2c([n+]([O-])c1)C(O)(C(=O)OCC(=O)c1ccc(C(F)(F)F)cc1)CC2. The fourth-order valence-electron chi connectivity index (χ4n) is 4.50. The summed E-state index contributed by atoms with van der Waals surface area (Å²) in [5.74, 6) is -2.05. The van der Waals surface area contributed by atoms with Crippen molar-refractivity contribution in [3.63, 3.8) is 0 Å². The normalized spacial score (nSPS) is 16.5. The van der Waals surface area contributed by atoms with Crippen molar-refractivity contribution in [3.05, 3.63) is 87.3 Å². The van der Waals surface area contributed by atoms with Gasteiger partial charge in [0.15, 0.2) is 18.6 Å². The van der Waals surface area contributed by atoms with Crippen LogP contribution in [0.25, 0.3) is 11.1 Å². The molecule has 13 heteroatoms. The Morgan fingerprint density at radius 3 is 2.38 bits per heavy atom. The molecule has 1 heterocycles. The van der Waals surface area contributed by atoms with Crippen molar-refractivity contribution in [1.29, 1.82) is 0 Å². The number of rotatable bonds is 6. The molecule has 1 amide bonds. The molecule has 9 nitrogen and oxygen atoms in total. The second-order valence-electron chi connectivity index (χ2n) is 10.7. The number of benzene rings is 2. The van der Waals surface area contributed by atoms with Crippen molar-refractivity contribution in [3.8, 4) is 11.1 Å². The summed E-state index contributed by atoms with van der Waals surface area (Å²) in [5, 5.41) is 27.3. The highest BCUT2D eigenvalue weighted by molar-refractivity contribution is 6.31. The minimum absolute atomic E-state index is 0.0965. The molecule has 0 bridgehead atoms. The number of halogens is 4. The van der Waals surface area contributed by atoms with Gasteiger partial charge in [0.2, 0.25) is 11.3 Å². The van der Waals surface area contributed by atoms with Gasteiger partial charge >= 0.3 is 18.2 Å². The van der Waals surface area contributed by atoms with E-state index in [0.29, 0.717) is 32.1 Å². The lowest BCUT2D eigenvalue weighted by Gasteiger charge is -2.21. The van der Waals surface area contributed by atoms with Crippen LogP contribution >= 0.6 is 11.6 Å². The molecule has 0 aliphatic heterocycles. The highest BCUT2D eigenvalue weighted by Gasteiger charge is 2.52. The number of pyridine rings is 1. The van der Waals surface area contributed by atoms with E-state index in [9.17, 15) is 37.9 Å². The molecule has 1 atom stereocenters. The molecular weight excluding hydrogens is 581 g/mol. The Balaban J connectivity index is 1.54. The number of carbonyl (C=O) groups excluding carboxylic acids is 3. The number of nitrogens with one attached hydrogen (secondary N) is 1. The lowest BCUT2D eigenvalue weighted by molar-refractivity contribution is -0.620. The van der Waals surface area contributed by atoms with E-state index in [2.05, 4.69) is 5.32 Å². The number of Topliss-reactive ketones (excluding diaryl/α,β-unsaturated/α-hetero) is 1. The zero-order valence-corrected chi connectivity index (χ0v) is 23.4. The first-order valence-corrected chi connectivity index (χ1v) is 13.0. The van der Waals surface area contributed by atoms with Gasteiger partial charge in [-0.1, -0.05) is 23.7 Å². The van der Waals surface area contributed by atoms with Crippen LogP contribution in [0.15, 0.2) is 54.7 Å². The summed E-state index contributed by atoms with van der Waals surface area (Å²) in [7, 11) is 0. The lowest BCUT2D eigenvalue weighted by Crippen LogP contribution is -2.46. The number of aryl methyl sites for hydroxylation is 1. The molecule has 0 radical (unpaired) electrons. The minimum Gasteiger partial charge on any atom is -0.618 e. The minimum atomic E-state index is -4.58. The average Bonchev–Trinajstić information content (AvgIpc) is 3.24. The molecule has 1 aliphatic carbocycles. The number of anilines is 1. The molecule has 2 N–H and O–H groups in total. The summed E-state index contributed by atoms with van der Waals surface area (Å²) in [4.78, 5) is 37.7. The fourth-order valence-corrected chi connectivity index (χ4v) is 4.67. The molecule has 0 spiro atoms. The second-order valence-corrected chi connectivity index (χ2v) is 11.1. The van der Waals surface area contributed by atoms with E-state index >= 15 is 0 Å². The summed E-state index contributed by atoms with van der Waals surface area (Å²) in [6.45, 7) is 4.24. The van der Waals surface area contributed by atoms with Crippen molar-refractivity contribution in [1.82, 2.24) is 0 Å². The Bertz CT molecular complexity index is 1550. The van der Waals surface area contributed by atoms with Crippen molar-refractivity contribution >= 4 is 35.1 Å². The number of aliphatic hydroxyl groups is 1. The quantitative estimate of drug-likeness (QED) is 0.163. The lowest BCUT2D eigenvalue weighted by atomic mass is 9.99. The highest BCUT2D eigenvalue weighted by Crippen LogP contribution is 2.39. The molecule has 42 heavy (non-hydrogen) atoms. The van der Waals surface area contributed by atoms with Crippen LogP contribution in [0.2, 0.25) is 5.02 Å². The summed E-state index contributed by atoms with van der Waals surface area (Å²) in [6, 6.07) is 9.51. The van der Waals surface area contributed by atoms with Gasteiger partial charge in [0.05, 0.1) is 11.3 Å². The number of hydrogen-bond acceptors (Lipinski definition) is 7. The average molecular weight is 607 g/mol. The van der Waals surface area contributed by atoms with Gasteiger partial charge in [0.25, 0.3) is 0 Å². The van der Waals surface area contributed by atoms with E-state index in [-0.39, 0.29) is 24.1 Å². The predicted molar refractivity (Wildman–Crippen MR) is 145 cm³/mol. The number of carbonyl (C=O) groups is 3. The van der Waals surface area contributed by atoms with Crippen LogP contribution in [0.3, 0.4) is 0 Å².